The SMILES string of the molecule is CCc1nc(NC(=O)CN2CCCCC2CO)sc1C. The van der Waals surface area contributed by atoms with Crippen LogP contribution in [-0.2, 0) is 11.2 Å². The molecule has 1 amide bonds. The standard InChI is InChI=1S/C14H23N3O2S/c1-3-12-10(2)20-14(15-12)16-13(19)8-17-7-5-4-6-11(17)9-18/h11,18H,3-9H2,1-2H3,(H,15,16,19). The number of hydrogen-bond donors (Lipinski definition) is 2. The number of nitrogens with zero attached hydrogens (tertiary/aromatic N) is 2. The third-order valence-corrected chi connectivity index (χ3v) is 4.71. The Hall–Kier alpha value is -0.980. The summed E-state index contributed by atoms with van der Waals surface area (Å²) in [5, 5.41) is 12.9. The normalized spacial score (nSPS) is 20.1. The molecule has 2 N–H and O–H groups in total. The summed E-state index contributed by atoms with van der Waals surface area (Å²) in [5.74, 6) is -0.0400. The maximum atomic E-state index is 12.1. The average molecular weight is 297 g/mol. The first-order valence-electron chi connectivity index (χ1n) is 7.25. The molecule has 1 unspecified atom stereocenters. The molecule has 1 aromatic rings. The molecule has 112 valence electrons. The number of amides is 1. The Balaban J connectivity index is 1.90. The molecule has 1 aromatic heterocycles. The van der Waals surface area contributed by atoms with E-state index in [1.54, 1.807) is 0 Å². The Morgan fingerprint density at radius 1 is 1.55 bits per heavy atom. The molecule has 20 heavy (non-hydrogen) atoms. The van der Waals surface area contributed by atoms with E-state index in [2.05, 4.69) is 22.1 Å². The van der Waals surface area contributed by atoms with E-state index in [0.717, 1.165) is 42.8 Å². The van der Waals surface area contributed by atoms with Gasteiger partial charge in [0.05, 0.1) is 18.8 Å². The molecular weight excluding hydrogens is 274 g/mol. The zero-order valence-electron chi connectivity index (χ0n) is 12.2. The number of nitrogens with one attached hydrogen (secondary N) is 1. The first-order valence-corrected chi connectivity index (χ1v) is 8.06. The van der Waals surface area contributed by atoms with Crippen molar-refractivity contribution in [1.29, 1.82) is 0 Å². The zero-order chi connectivity index (χ0) is 14.5. The van der Waals surface area contributed by atoms with Crippen molar-refractivity contribution in [2.45, 2.75) is 45.6 Å². The summed E-state index contributed by atoms with van der Waals surface area (Å²) >= 11 is 1.52. The van der Waals surface area contributed by atoms with Gasteiger partial charge in [-0.3, -0.25) is 9.69 Å². The molecule has 0 radical (unpaired) electrons. The second kappa shape index (κ2) is 7.15. The van der Waals surface area contributed by atoms with Gasteiger partial charge in [-0.2, -0.15) is 0 Å². The van der Waals surface area contributed by atoms with Gasteiger partial charge in [0.1, 0.15) is 0 Å². The Labute approximate surface area is 124 Å². The van der Waals surface area contributed by atoms with Gasteiger partial charge in [-0.25, -0.2) is 4.98 Å². The lowest BCUT2D eigenvalue weighted by Gasteiger charge is -2.33. The topological polar surface area (TPSA) is 65.5 Å². The van der Waals surface area contributed by atoms with Crippen LogP contribution in [0.1, 0.15) is 36.8 Å². The molecule has 2 heterocycles. The van der Waals surface area contributed by atoms with Crippen LogP contribution in [0.25, 0.3) is 0 Å². The quantitative estimate of drug-likeness (QED) is 0.870. The molecule has 0 aliphatic carbocycles. The van der Waals surface area contributed by atoms with Crippen LogP contribution in [0.2, 0.25) is 0 Å². The number of aromatic nitrogens is 1. The van der Waals surface area contributed by atoms with Crippen molar-refractivity contribution in [3.8, 4) is 0 Å². The van der Waals surface area contributed by atoms with Crippen molar-refractivity contribution in [3.63, 3.8) is 0 Å². The Morgan fingerprint density at radius 3 is 3.00 bits per heavy atom. The molecule has 0 aromatic carbocycles. The molecule has 1 saturated heterocycles. The highest BCUT2D eigenvalue weighted by atomic mass is 32.1. The molecule has 1 atom stereocenters. The Morgan fingerprint density at radius 2 is 2.35 bits per heavy atom. The van der Waals surface area contributed by atoms with Gasteiger partial charge in [-0.1, -0.05) is 13.3 Å². The number of likely N-dealkylation sites (tertiary alicyclic amines) is 1. The summed E-state index contributed by atoms with van der Waals surface area (Å²) in [6.07, 6.45) is 4.09. The minimum atomic E-state index is -0.0400. The molecule has 2 rings (SSSR count). The highest BCUT2D eigenvalue weighted by Crippen LogP contribution is 2.22. The van der Waals surface area contributed by atoms with Crippen LogP contribution in [0.5, 0.6) is 0 Å². The fourth-order valence-electron chi connectivity index (χ4n) is 2.63. The monoisotopic (exact) mass is 297 g/mol. The predicted octanol–water partition coefficient (Wildman–Crippen LogP) is 1.80. The van der Waals surface area contributed by atoms with Gasteiger partial charge in [0.15, 0.2) is 5.13 Å². The maximum Gasteiger partial charge on any atom is 0.240 e. The predicted molar refractivity (Wildman–Crippen MR) is 81.2 cm³/mol. The van der Waals surface area contributed by atoms with Crippen LogP contribution in [0.4, 0.5) is 5.13 Å². The molecule has 0 saturated carbocycles. The minimum absolute atomic E-state index is 0.0400. The number of aryl methyl sites for hydroxylation is 2. The third-order valence-electron chi connectivity index (χ3n) is 3.78. The van der Waals surface area contributed by atoms with E-state index >= 15 is 0 Å². The van der Waals surface area contributed by atoms with E-state index in [4.69, 9.17) is 0 Å². The van der Waals surface area contributed by atoms with Crippen molar-refractivity contribution in [2.75, 3.05) is 25.0 Å². The smallest absolute Gasteiger partial charge is 0.240 e. The largest absolute Gasteiger partial charge is 0.395 e. The van der Waals surface area contributed by atoms with Crippen molar-refractivity contribution in [1.82, 2.24) is 9.88 Å². The van der Waals surface area contributed by atoms with Crippen LogP contribution in [-0.4, -0.2) is 46.6 Å². The molecule has 1 aliphatic heterocycles. The van der Waals surface area contributed by atoms with Crippen LogP contribution in [0, 0.1) is 6.92 Å². The second-order valence-corrected chi connectivity index (χ2v) is 6.43. The number of piperidine rings is 1. The molecule has 0 bridgehead atoms. The first kappa shape index (κ1) is 15.4. The number of carbonyl (C=O) groups is 1. The van der Waals surface area contributed by atoms with Crippen molar-refractivity contribution < 1.29 is 9.90 Å². The Bertz CT molecular complexity index is 461. The lowest BCUT2D eigenvalue weighted by molar-refractivity contribution is -0.118. The molecule has 1 aliphatic rings. The first-order chi connectivity index (χ1) is 9.63. The van der Waals surface area contributed by atoms with Gasteiger partial charge in [0, 0.05) is 10.9 Å². The molecule has 1 fully saturated rings. The fourth-order valence-corrected chi connectivity index (χ4v) is 3.55. The zero-order valence-corrected chi connectivity index (χ0v) is 13.0. The fraction of sp³-hybridized carbons (Fsp3) is 0.714. The van der Waals surface area contributed by atoms with Crippen molar-refractivity contribution in [3.05, 3.63) is 10.6 Å². The third kappa shape index (κ3) is 3.77. The highest BCUT2D eigenvalue weighted by Gasteiger charge is 2.23. The van der Waals surface area contributed by atoms with E-state index < -0.39 is 0 Å². The van der Waals surface area contributed by atoms with Gasteiger partial charge in [0.2, 0.25) is 5.91 Å². The number of anilines is 1. The van der Waals surface area contributed by atoms with Crippen molar-refractivity contribution >= 4 is 22.4 Å². The molecule has 6 heteroatoms. The number of rotatable bonds is 5. The molecular formula is C14H23N3O2S. The summed E-state index contributed by atoms with van der Waals surface area (Å²) in [4.78, 5) is 19.7. The summed E-state index contributed by atoms with van der Waals surface area (Å²) in [6, 6.07) is 0.124. The average Bonchev–Trinajstić information content (AvgIpc) is 2.79. The van der Waals surface area contributed by atoms with Crippen LogP contribution in [0.15, 0.2) is 0 Å². The molecule has 5 nitrogen and oxygen atoms in total. The number of thiazole rings is 1. The van der Waals surface area contributed by atoms with Crippen LogP contribution in [0.3, 0.4) is 0 Å². The van der Waals surface area contributed by atoms with Crippen LogP contribution >= 0.6 is 11.3 Å². The number of aliphatic hydroxyl groups excluding tert-OH is 1. The van der Waals surface area contributed by atoms with E-state index in [9.17, 15) is 9.90 Å². The summed E-state index contributed by atoms with van der Waals surface area (Å²) in [5.41, 5.74) is 1.05. The second-order valence-electron chi connectivity index (χ2n) is 5.23. The van der Waals surface area contributed by atoms with E-state index in [-0.39, 0.29) is 18.6 Å². The van der Waals surface area contributed by atoms with E-state index in [0.29, 0.717) is 11.7 Å². The van der Waals surface area contributed by atoms with Gasteiger partial charge in [-0.05, 0) is 32.7 Å². The lowest BCUT2D eigenvalue weighted by atomic mass is 10.0. The lowest BCUT2D eigenvalue weighted by Crippen LogP contribution is -2.45. The van der Waals surface area contributed by atoms with Gasteiger partial charge in [-0.15, -0.1) is 11.3 Å². The number of carbonyl (C=O) groups excluding carboxylic acids is 1. The van der Waals surface area contributed by atoms with E-state index in [1.807, 2.05) is 6.92 Å². The minimum Gasteiger partial charge on any atom is -0.395 e. The summed E-state index contributed by atoms with van der Waals surface area (Å²) < 4.78 is 0. The van der Waals surface area contributed by atoms with E-state index in [1.165, 1.54) is 11.3 Å². The Kier molecular flexibility index (Phi) is 5.51. The van der Waals surface area contributed by atoms with Crippen molar-refractivity contribution in [2.24, 2.45) is 0 Å². The molecule has 0 spiro atoms. The summed E-state index contributed by atoms with van der Waals surface area (Å²) in [7, 11) is 0. The summed E-state index contributed by atoms with van der Waals surface area (Å²) in [6.45, 7) is 5.44. The van der Waals surface area contributed by atoms with Crippen LogP contribution < -0.4 is 5.32 Å². The highest BCUT2D eigenvalue weighted by molar-refractivity contribution is 7.15. The van der Waals surface area contributed by atoms with Gasteiger partial charge in [0.25, 0.3) is 0 Å². The van der Waals surface area contributed by atoms with Gasteiger partial charge < -0.3 is 10.4 Å². The number of hydrogen-bond acceptors (Lipinski definition) is 5. The van der Waals surface area contributed by atoms with Gasteiger partial charge >= 0.3 is 0 Å². The number of aliphatic hydroxyl groups is 1. The maximum absolute atomic E-state index is 12.1.